The first-order valence-corrected chi connectivity index (χ1v) is 8.44. The van der Waals surface area contributed by atoms with E-state index >= 15 is 0 Å². The first-order valence-electron chi connectivity index (χ1n) is 8.44. The second kappa shape index (κ2) is 8.02. The minimum Gasteiger partial charge on any atom is -0.495 e. The zero-order chi connectivity index (χ0) is 16.8. The molecule has 1 aliphatic rings. The standard InChI is InChI=1S/C19H24N2O3/c1-23-19-7-3-2-6-18(19)21-13-11-20(12-14-21)10-4-5-16-8-9-17(15-22)24-16/h2-3,6-9,15H,4-5,10-14H2,1H3. The van der Waals surface area contributed by atoms with Gasteiger partial charge in [0.2, 0.25) is 0 Å². The number of hydrogen-bond donors (Lipinski definition) is 0. The smallest absolute Gasteiger partial charge is 0.185 e. The number of carbonyl (C=O) groups is 1. The molecule has 2 aromatic rings. The Kier molecular flexibility index (Phi) is 5.54. The van der Waals surface area contributed by atoms with E-state index < -0.39 is 0 Å². The number of aldehydes is 1. The van der Waals surface area contributed by atoms with Crippen LogP contribution in [0, 0.1) is 0 Å². The topological polar surface area (TPSA) is 45.9 Å². The van der Waals surface area contributed by atoms with Crippen molar-refractivity contribution < 1.29 is 13.9 Å². The average molecular weight is 328 g/mol. The van der Waals surface area contributed by atoms with E-state index in [0.717, 1.165) is 63.4 Å². The van der Waals surface area contributed by atoms with Crippen LogP contribution >= 0.6 is 0 Å². The molecular formula is C19H24N2O3. The van der Waals surface area contributed by atoms with Crippen LogP contribution < -0.4 is 9.64 Å². The lowest BCUT2D eigenvalue weighted by Crippen LogP contribution is -2.46. The molecule has 1 saturated heterocycles. The third kappa shape index (κ3) is 3.97. The summed E-state index contributed by atoms with van der Waals surface area (Å²) >= 11 is 0. The number of furan rings is 1. The Morgan fingerprint density at radius 2 is 1.92 bits per heavy atom. The molecule has 128 valence electrons. The fourth-order valence-corrected chi connectivity index (χ4v) is 3.17. The van der Waals surface area contributed by atoms with Crippen molar-refractivity contribution in [2.75, 3.05) is 44.7 Å². The van der Waals surface area contributed by atoms with E-state index in [-0.39, 0.29) is 0 Å². The van der Waals surface area contributed by atoms with E-state index in [4.69, 9.17) is 9.15 Å². The second-order valence-electron chi connectivity index (χ2n) is 6.03. The van der Waals surface area contributed by atoms with Gasteiger partial charge in [-0.25, -0.2) is 0 Å². The predicted molar refractivity (Wildman–Crippen MR) is 94.1 cm³/mol. The Balaban J connectivity index is 1.44. The van der Waals surface area contributed by atoms with E-state index in [2.05, 4.69) is 21.9 Å². The zero-order valence-corrected chi connectivity index (χ0v) is 14.1. The Bertz CT molecular complexity index is 660. The molecule has 1 aromatic heterocycles. The molecule has 0 atom stereocenters. The summed E-state index contributed by atoms with van der Waals surface area (Å²) in [7, 11) is 1.72. The van der Waals surface area contributed by atoms with Crippen molar-refractivity contribution in [2.45, 2.75) is 12.8 Å². The number of aryl methyl sites for hydroxylation is 1. The van der Waals surface area contributed by atoms with Crippen LogP contribution in [0.2, 0.25) is 0 Å². The van der Waals surface area contributed by atoms with Crippen molar-refractivity contribution in [3.05, 3.63) is 47.9 Å². The van der Waals surface area contributed by atoms with E-state index in [0.29, 0.717) is 5.76 Å². The highest BCUT2D eigenvalue weighted by Crippen LogP contribution is 2.28. The molecule has 0 aliphatic carbocycles. The van der Waals surface area contributed by atoms with Crippen molar-refractivity contribution >= 4 is 12.0 Å². The van der Waals surface area contributed by atoms with Gasteiger partial charge in [-0.1, -0.05) is 12.1 Å². The lowest BCUT2D eigenvalue weighted by Gasteiger charge is -2.36. The van der Waals surface area contributed by atoms with Gasteiger partial charge in [0.15, 0.2) is 12.0 Å². The van der Waals surface area contributed by atoms with Crippen molar-refractivity contribution in [2.24, 2.45) is 0 Å². The molecule has 0 amide bonds. The van der Waals surface area contributed by atoms with Crippen LogP contribution in [0.1, 0.15) is 22.7 Å². The summed E-state index contributed by atoms with van der Waals surface area (Å²) in [6, 6.07) is 11.8. The van der Waals surface area contributed by atoms with Crippen LogP contribution in [0.4, 0.5) is 5.69 Å². The van der Waals surface area contributed by atoms with Crippen LogP contribution in [0.5, 0.6) is 5.75 Å². The molecule has 1 fully saturated rings. The van der Waals surface area contributed by atoms with Gasteiger partial charge in [-0.05, 0) is 37.2 Å². The molecule has 5 nitrogen and oxygen atoms in total. The maximum Gasteiger partial charge on any atom is 0.185 e. The van der Waals surface area contributed by atoms with Gasteiger partial charge in [-0.2, -0.15) is 0 Å². The van der Waals surface area contributed by atoms with Crippen molar-refractivity contribution in [1.82, 2.24) is 4.90 Å². The molecule has 0 N–H and O–H groups in total. The Hall–Kier alpha value is -2.27. The van der Waals surface area contributed by atoms with Gasteiger partial charge in [0.25, 0.3) is 0 Å². The highest BCUT2D eigenvalue weighted by Gasteiger charge is 2.19. The summed E-state index contributed by atoms with van der Waals surface area (Å²) in [4.78, 5) is 15.5. The molecule has 0 bridgehead atoms. The normalized spacial score (nSPS) is 15.5. The molecule has 1 aromatic carbocycles. The third-order valence-corrected chi connectivity index (χ3v) is 4.49. The zero-order valence-electron chi connectivity index (χ0n) is 14.1. The van der Waals surface area contributed by atoms with Gasteiger partial charge in [0.1, 0.15) is 11.5 Å². The van der Waals surface area contributed by atoms with E-state index in [1.54, 1.807) is 13.2 Å². The molecule has 0 saturated carbocycles. The van der Waals surface area contributed by atoms with Crippen LogP contribution in [-0.4, -0.2) is 51.0 Å². The van der Waals surface area contributed by atoms with Crippen molar-refractivity contribution in [1.29, 1.82) is 0 Å². The maximum absolute atomic E-state index is 10.6. The predicted octanol–water partition coefficient (Wildman–Crippen LogP) is 2.86. The highest BCUT2D eigenvalue weighted by atomic mass is 16.5. The lowest BCUT2D eigenvalue weighted by atomic mass is 10.2. The number of benzene rings is 1. The van der Waals surface area contributed by atoms with Crippen LogP contribution in [0.25, 0.3) is 0 Å². The van der Waals surface area contributed by atoms with E-state index in [1.807, 2.05) is 18.2 Å². The molecule has 0 radical (unpaired) electrons. The van der Waals surface area contributed by atoms with E-state index in [1.165, 1.54) is 5.69 Å². The summed E-state index contributed by atoms with van der Waals surface area (Å²) in [5, 5.41) is 0. The monoisotopic (exact) mass is 328 g/mol. The van der Waals surface area contributed by atoms with Gasteiger partial charge in [-0.3, -0.25) is 9.69 Å². The fraction of sp³-hybridized carbons (Fsp3) is 0.421. The van der Waals surface area contributed by atoms with Crippen molar-refractivity contribution in [3.63, 3.8) is 0 Å². The van der Waals surface area contributed by atoms with Gasteiger partial charge in [-0.15, -0.1) is 0 Å². The summed E-state index contributed by atoms with van der Waals surface area (Å²) in [6.07, 6.45) is 2.67. The minimum atomic E-state index is 0.412. The van der Waals surface area contributed by atoms with Gasteiger partial charge in [0.05, 0.1) is 12.8 Å². The second-order valence-corrected chi connectivity index (χ2v) is 6.03. The number of rotatable bonds is 7. The molecule has 0 spiro atoms. The van der Waals surface area contributed by atoms with Gasteiger partial charge < -0.3 is 14.1 Å². The summed E-state index contributed by atoms with van der Waals surface area (Å²) in [5.74, 6) is 2.25. The first-order chi connectivity index (χ1) is 11.8. The molecule has 1 aliphatic heterocycles. The quantitative estimate of drug-likeness (QED) is 0.731. The number of nitrogens with zero attached hydrogens (tertiary/aromatic N) is 2. The number of ether oxygens (including phenoxy) is 1. The average Bonchev–Trinajstić information content (AvgIpc) is 3.10. The lowest BCUT2D eigenvalue weighted by molar-refractivity contribution is 0.109. The van der Waals surface area contributed by atoms with Crippen molar-refractivity contribution in [3.8, 4) is 5.75 Å². The number of para-hydroxylation sites is 2. The Labute approximate surface area is 142 Å². The highest BCUT2D eigenvalue weighted by molar-refractivity contribution is 5.70. The molecule has 24 heavy (non-hydrogen) atoms. The molecule has 2 heterocycles. The van der Waals surface area contributed by atoms with Crippen LogP contribution in [0.3, 0.4) is 0 Å². The maximum atomic E-state index is 10.6. The molecule has 3 rings (SSSR count). The fourth-order valence-electron chi connectivity index (χ4n) is 3.17. The largest absolute Gasteiger partial charge is 0.495 e. The molecule has 0 unspecified atom stereocenters. The van der Waals surface area contributed by atoms with E-state index in [9.17, 15) is 4.79 Å². The molecular weight excluding hydrogens is 304 g/mol. The first kappa shape index (κ1) is 16.6. The Morgan fingerprint density at radius 1 is 1.12 bits per heavy atom. The number of methoxy groups -OCH3 is 1. The number of piperazine rings is 1. The number of anilines is 1. The Morgan fingerprint density at radius 3 is 2.62 bits per heavy atom. The van der Waals surface area contributed by atoms with Crippen LogP contribution in [-0.2, 0) is 6.42 Å². The molecule has 5 heteroatoms. The number of hydrogen-bond acceptors (Lipinski definition) is 5. The minimum absolute atomic E-state index is 0.412. The third-order valence-electron chi connectivity index (χ3n) is 4.49. The van der Waals surface area contributed by atoms with Crippen LogP contribution in [0.15, 0.2) is 40.8 Å². The summed E-state index contributed by atoms with van der Waals surface area (Å²) in [6.45, 7) is 5.18. The van der Waals surface area contributed by atoms with Gasteiger partial charge >= 0.3 is 0 Å². The van der Waals surface area contributed by atoms with Gasteiger partial charge in [0, 0.05) is 32.6 Å². The summed E-state index contributed by atoms with van der Waals surface area (Å²) < 4.78 is 10.9. The summed E-state index contributed by atoms with van der Waals surface area (Å²) in [5.41, 5.74) is 1.18. The number of carbonyl (C=O) groups excluding carboxylic acids is 1. The SMILES string of the molecule is COc1ccccc1N1CCN(CCCc2ccc(C=O)o2)CC1.